The Morgan fingerprint density at radius 2 is 1.75 bits per heavy atom. The van der Waals surface area contributed by atoms with Gasteiger partial charge in [0.15, 0.2) is 0 Å². The summed E-state index contributed by atoms with van der Waals surface area (Å²) in [5.41, 5.74) is 6.87. The third-order valence-electron chi connectivity index (χ3n) is 3.52. The third kappa shape index (κ3) is 3.13. The lowest BCUT2D eigenvalue weighted by atomic mass is 9.96. The predicted molar refractivity (Wildman–Crippen MR) is 80.5 cm³/mol. The second kappa shape index (κ2) is 5.01. The molecular formula is C16H25FN2O. The summed E-state index contributed by atoms with van der Waals surface area (Å²) >= 11 is 0. The van der Waals surface area contributed by atoms with Gasteiger partial charge in [0.05, 0.1) is 11.2 Å². The molecule has 1 saturated heterocycles. The largest absolute Gasteiger partial charge is 0.366 e. The number of morpholine rings is 1. The van der Waals surface area contributed by atoms with Crippen LogP contribution in [0.3, 0.4) is 0 Å². The normalized spacial score (nSPS) is 22.6. The second-order valence-electron chi connectivity index (χ2n) is 6.94. The number of hydrogen-bond acceptors (Lipinski definition) is 3. The van der Waals surface area contributed by atoms with Crippen LogP contribution < -0.4 is 10.6 Å². The number of hydrogen-bond donors (Lipinski definition) is 1. The van der Waals surface area contributed by atoms with E-state index in [0.717, 1.165) is 18.8 Å². The van der Waals surface area contributed by atoms with Crippen LogP contribution in [-0.4, -0.2) is 24.3 Å². The van der Waals surface area contributed by atoms with Gasteiger partial charge in [0.2, 0.25) is 0 Å². The first-order valence-electron chi connectivity index (χ1n) is 7.10. The molecule has 1 aliphatic heterocycles. The van der Waals surface area contributed by atoms with E-state index in [-0.39, 0.29) is 23.1 Å². The molecule has 112 valence electrons. The molecule has 0 bridgehead atoms. The minimum absolute atomic E-state index is 0.236. The molecule has 0 aliphatic carbocycles. The van der Waals surface area contributed by atoms with E-state index >= 15 is 0 Å². The van der Waals surface area contributed by atoms with Crippen LogP contribution in [0.25, 0.3) is 0 Å². The zero-order chi connectivity index (χ0) is 15.1. The first kappa shape index (κ1) is 15.3. The zero-order valence-corrected chi connectivity index (χ0v) is 13.0. The van der Waals surface area contributed by atoms with E-state index in [0.29, 0.717) is 5.56 Å². The molecule has 0 spiro atoms. The third-order valence-corrected chi connectivity index (χ3v) is 3.52. The van der Waals surface area contributed by atoms with Crippen molar-refractivity contribution in [2.24, 2.45) is 5.73 Å². The van der Waals surface area contributed by atoms with Gasteiger partial charge in [-0.3, -0.25) is 0 Å². The van der Waals surface area contributed by atoms with E-state index < -0.39 is 0 Å². The van der Waals surface area contributed by atoms with Crippen molar-refractivity contribution in [3.05, 3.63) is 29.6 Å². The van der Waals surface area contributed by atoms with Gasteiger partial charge in [-0.25, -0.2) is 4.39 Å². The molecule has 0 radical (unpaired) electrons. The molecule has 2 N–H and O–H groups in total. The van der Waals surface area contributed by atoms with Crippen LogP contribution in [0.15, 0.2) is 18.2 Å². The lowest BCUT2D eigenvalue weighted by Crippen LogP contribution is -2.57. The van der Waals surface area contributed by atoms with Crippen molar-refractivity contribution in [2.75, 3.05) is 18.0 Å². The molecule has 3 nitrogen and oxygen atoms in total. The van der Waals surface area contributed by atoms with E-state index in [1.807, 2.05) is 13.0 Å². The number of benzene rings is 1. The molecule has 4 heteroatoms. The second-order valence-corrected chi connectivity index (χ2v) is 6.94. The van der Waals surface area contributed by atoms with Crippen LogP contribution in [0.4, 0.5) is 10.1 Å². The van der Waals surface area contributed by atoms with E-state index in [4.69, 9.17) is 10.5 Å². The Morgan fingerprint density at radius 1 is 1.20 bits per heavy atom. The molecule has 1 heterocycles. The summed E-state index contributed by atoms with van der Waals surface area (Å²) in [4.78, 5) is 2.19. The molecule has 1 aromatic rings. The lowest BCUT2D eigenvalue weighted by Gasteiger charge is -2.48. The summed E-state index contributed by atoms with van der Waals surface area (Å²) < 4.78 is 20.2. The number of halogens is 1. The molecule has 0 amide bonds. The van der Waals surface area contributed by atoms with Crippen molar-refractivity contribution in [3.8, 4) is 0 Å². The molecule has 1 unspecified atom stereocenters. The predicted octanol–water partition coefficient (Wildman–Crippen LogP) is 3.24. The Hall–Kier alpha value is -1.13. The number of ether oxygens (including phenoxy) is 1. The molecular weight excluding hydrogens is 255 g/mol. The fourth-order valence-electron chi connectivity index (χ4n) is 3.21. The highest BCUT2D eigenvalue weighted by atomic mass is 19.1. The van der Waals surface area contributed by atoms with Crippen molar-refractivity contribution >= 4 is 5.69 Å². The molecule has 0 saturated carbocycles. The maximum atomic E-state index is 14.1. The van der Waals surface area contributed by atoms with E-state index in [1.165, 1.54) is 6.07 Å². The molecule has 1 atom stereocenters. The van der Waals surface area contributed by atoms with E-state index in [1.54, 1.807) is 6.07 Å². The molecule has 2 rings (SSSR count). The maximum absolute atomic E-state index is 14.1. The zero-order valence-electron chi connectivity index (χ0n) is 13.0. The summed E-state index contributed by atoms with van der Waals surface area (Å²) in [6.45, 7) is 11.5. The first-order chi connectivity index (χ1) is 9.11. The van der Waals surface area contributed by atoms with Crippen molar-refractivity contribution in [2.45, 2.75) is 51.9 Å². The first-order valence-corrected chi connectivity index (χ1v) is 7.10. The summed E-state index contributed by atoms with van der Waals surface area (Å²) in [5.74, 6) is -0.236. The number of nitrogens with zero attached hydrogens (tertiary/aromatic N) is 1. The van der Waals surface area contributed by atoms with Gasteiger partial charge < -0.3 is 15.4 Å². The molecule has 20 heavy (non-hydrogen) atoms. The maximum Gasteiger partial charge on any atom is 0.130 e. The number of rotatable bonds is 2. The van der Waals surface area contributed by atoms with Crippen LogP contribution in [0.5, 0.6) is 0 Å². The van der Waals surface area contributed by atoms with Gasteiger partial charge in [-0.05, 0) is 46.8 Å². The van der Waals surface area contributed by atoms with Crippen molar-refractivity contribution in [3.63, 3.8) is 0 Å². The Balaban J connectivity index is 2.43. The Bertz CT molecular complexity index is 481. The average molecular weight is 280 g/mol. The van der Waals surface area contributed by atoms with E-state index in [9.17, 15) is 4.39 Å². The summed E-state index contributed by atoms with van der Waals surface area (Å²) in [6, 6.07) is 4.82. The molecule has 1 fully saturated rings. The topological polar surface area (TPSA) is 38.5 Å². The summed E-state index contributed by atoms with van der Waals surface area (Å²) in [6.07, 6.45) is 0. The lowest BCUT2D eigenvalue weighted by molar-refractivity contribution is -0.133. The smallest absolute Gasteiger partial charge is 0.130 e. The van der Waals surface area contributed by atoms with Gasteiger partial charge in [0.1, 0.15) is 5.82 Å². The summed E-state index contributed by atoms with van der Waals surface area (Å²) in [5, 5.41) is 0. The van der Waals surface area contributed by atoms with Gasteiger partial charge in [-0.15, -0.1) is 0 Å². The van der Waals surface area contributed by atoms with Crippen molar-refractivity contribution in [1.29, 1.82) is 0 Å². The van der Waals surface area contributed by atoms with Crippen LogP contribution in [0.1, 0.15) is 46.2 Å². The Kier molecular flexibility index (Phi) is 3.82. The van der Waals surface area contributed by atoms with Crippen LogP contribution in [-0.2, 0) is 4.74 Å². The minimum Gasteiger partial charge on any atom is -0.366 e. The van der Waals surface area contributed by atoms with Crippen LogP contribution in [0, 0.1) is 5.82 Å². The van der Waals surface area contributed by atoms with Gasteiger partial charge in [-0.1, -0.05) is 6.07 Å². The molecule has 1 aromatic carbocycles. The Morgan fingerprint density at radius 3 is 2.25 bits per heavy atom. The van der Waals surface area contributed by atoms with Gasteiger partial charge >= 0.3 is 0 Å². The van der Waals surface area contributed by atoms with E-state index in [2.05, 4.69) is 32.6 Å². The highest BCUT2D eigenvalue weighted by Gasteiger charge is 2.39. The van der Waals surface area contributed by atoms with Gasteiger partial charge in [0.25, 0.3) is 0 Å². The van der Waals surface area contributed by atoms with Gasteiger partial charge in [0, 0.05) is 30.4 Å². The minimum atomic E-state index is -0.333. The standard InChI is InChI=1S/C16H25FN2O/c1-11(18)14-12(17)7-6-8-13(14)19-9-15(2,3)20-16(4,5)10-19/h6-8,11H,9-10,18H2,1-5H3. The molecule has 0 aromatic heterocycles. The summed E-state index contributed by atoms with van der Waals surface area (Å²) in [7, 11) is 0. The fourth-order valence-corrected chi connectivity index (χ4v) is 3.21. The van der Waals surface area contributed by atoms with Crippen molar-refractivity contribution < 1.29 is 9.13 Å². The SMILES string of the molecule is CC(N)c1c(F)cccc1N1CC(C)(C)OC(C)(C)C1. The number of nitrogens with two attached hydrogens (primary N) is 1. The van der Waals surface area contributed by atoms with Crippen LogP contribution >= 0.6 is 0 Å². The quantitative estimate of drug-likeness (QED) is 0.904. The Labute approximate surface area is 120 Å². The average Bonchev–Trinajstić information content (AvgIpc) is 2.23. The highest BCUT2D eigenvalue weighted by Crippen LogP contribution is 2.35. The van der Waals surface area contributed by atoms with Gasteiger partial charge in [-0.2, -0.15) is 0 Å². The number of anilines is 1. The highest BCUT2D eigenvalue weighted by molar-refractivity contribution is 5.56. The molecule has 1 aliphatic rings. The van der Waals surface area contributed by atoms with Crippen LogP contribution in [0.2, 0.25) is 0 Å². The van der Waals surface area contributed by atoms with Crippen molar-refractivity contribution in [1.82, 2.24) is 0 Å². The monoisotopic (exact) mass is 280 g/mol. The fraction of sp³-hybridized carbons (Fsp3) is 0.625.